The highest BCUT2D eigenvalue weighted by Gasteiger charge is 2.06. The number of anilines is 2. The number of para-hydroxylation sites is 1. The summed E-state index contributed by atoms with van der Waals surface area (Å²) in [6.07, 6.45) is 0. The Kier molecular flexibility index (Phi) is 15.0. The van der Waals surface area contributed by atoms with Crippen LogP contribution in [-0.4, -0.2) is 50.7 Å². The molecule has 0 aromatic heterocycles. The van der Waals surface area contributed by atoms with Crippen molar-refractivity contribution < 1.29 is 23.3 Å². The van der Waals surface area contributed by atoms with Crippen molar-refractivity contribution in [3.05, 3.63) is 107 Å². The van der Waals surface area contributed by atoms with Gasteiger partial charge in [-0.15, -0.1) is 0 Å². The Morgan fingerprint density at radius 1 is 0.532 bits per heavy atom. The average molecular weight is 679 g/mol. The van der Waals surface area contributed by atoms with Crippen molar-refractivity contribution in [2.45, 2.75) is 27.7 Å². The molecule has 0 spiro atoms. The Hall–Kier alpha value is -4.61. The number of rotatable bonds is 12. The van der Waals surface area contributed by atoms with E-state index in [1.54, 1.807) is 20.2 Å². The van der Waals surface area contributed by atoms with Crippen molar-refractivity contribution >= 4 is 46.0 Å². The maximum Gasteiger partial charge on any atom is 0.170 e. The SMILES string of the molecule is CNC(=S)Nc1ccc(C)c(OCCOc2cc(F)ccc2C)c1.CNC(=S)Nc1ccc(C)c(OCCOc2ccccc2C)c1. The van der Waals surface area contributed by atoms with Crippen molar-refractivity contribution in [2.24, 2.45) is 0 Å². The highest BCUT2D eigenvalue weighted by Crippen LogP contribution is 2.24. The number of thiocarbonyl (C=S) groups is 2. The lowest BCUT2D eigenvalue weighted by Gasteiger charge is -2.14. The van der Waals surface area contributed by atoms with Crippen molar-refractivity contribution in [2.75, 3.05) is 51.2 Å². The van der Waals surface area contributed by atoms with Gasteiger partial charge in [0.25, 0.3) is 0 Å². The number of aryl methyl sites for hydroxylation is 4. The molecule has 4 aromatic rings. The lowest BCUT2D eigenvalue weighted by molar-refractivity contribution is 0.215. The van der Waals surface area contributed by atoms with Gasteiger partial charge in [-0.05, 0) is 98.6 Å². The van der Waals surface area contributed by atoms with Crippen LogP contribution < -0.4 is 40.2 Å². The number of halogens is 1. The molecule has 11 heteroatoms. The molecule has 0 aliphatic heterocycles. The molecule has 0 aliphatic rings. The lowest BCUT2D eigenvalue weighted by atomic mass is 10.2. The molecule has 0 aliphatic carbocycles. The number of ether oxygens (including phenoxy) is 4. The summed E-state index contributed by atoms with van der Waals surface area (Å²) < 4.78 is 36.1. The predicted octanol–water partition coefficient (Wildman–Crippen LogP) is 7.49. The number of hydrogen-bond donors (Lipinski definition) is 4. The molecule has 4 rings (SSSR count). The third-order valence-corrected chi connectivity index (χ3v) is 7.40. The maximum absolute atomic E-state index is 13.2. The molecule has 0 saturated heterocycles. The van der Waals surface area contributed by atoms with Gasteiger partial charge in [-0.2, -0.15) is 0 Å². The Bertz CT molecular complexity index is 1640. The molecule has 250 valence electrons. The van der Waals surface area contributed by atoms with E-state index in [0.29, 0.717) is 42.4 Å². The largest absolute Gasteiger partial charge is 0.490 e. The van der Waals surface area contributed by atoms with Crippen LogP contribution >= 0.6 is 24.4 Å². The normalized spacial score (nSPS) is 10.1. The average Bonchev–Trinajstić information content (AvgIpc) is 3.06. The minimum Gasteiger partial charge on any atom is -0.490 e. The van der Waals surface area contributed by atoms with Crippen LogP contribution in [0.25, 0.3) is 0 Å². The lowest BCUT2D eigenvalue weighted by Crippen LogP contribution is -2.24. The van der Waals surface area contributed by atoms with Gasteiger partial charge in [0, 0.05) is 43.7 Å². The van der Waals surface area contributed by atoms with Crippen molar-refractivity contribution in [3.8, 4) is 23.0 Å². The topological polar surface area (TPSA) is 85.0 Å². The Morgan fingerprint density at radius 2 is 0.915 bits per heavy atom. The van der Waals surface area contributed by atoms with Crippen LogP contribution in [-0.2, 0) is 0 Å². The molecule has 0 amide bonds. The minimum atomic E-state index is -0.313. The molecule has 8 nitrogen and oxygen atoms in total. The first-order chi connectivity index (χ1) is 22.6. The van der Waals surface area contributed by atoms with Gasteiger partial charge in [0.2, 0.25) is 0 Å². The zero-order valence-corrected chi connectivity index (χ0v) is 29.3. The van der Waals surface area contributed by atoms with E-state index >= 15 is 0 Å². The van der Waals surface area contributed by atoms with Crippen LogP contribution in [0.4, 0.5) is 15.8 Å². The highest BCUT2D eigenvalue weighted by molar-refractivity contribution is 7.80. The van der Waals surface area contributed by atoms with E-state index in [1.165, 1.54) is 12.1 Å². The number of nitrogens with one attached hydrogen (secondary N) is 4. The molecular weight excluding hydrogens is 636 g/mol. The first kappa shape index (κ1) is 36.9. The standard InChI is InChI=1S/C18H21FN2O2S.C18H22N2O2S/c1-12-4-6-14(19)10-16(12)22-8-9-23-17-11-15(7-5-13(17)2)21-18(24)20-3;1-13-6-4-5-7-16(13)21-10-11-22-17-12-15(9-8-14(17)2)20-18(23)19-3/h4-7,10-11H,8-9H2,1-3H3,(H2,20,21,24);4-9,12H,10-11H2,1-3H3,(H2,19,20,23). The summed E-state index contributed by atoms with van der Waals surface area (Å²) in [4.78, 5) is 0. The van der Waals surface area contributed by atoms with E-state index < -0.39 is 0 Å². The zero-order valence-electron chi connectivity index (χ0n) is 27.7. The van der Waals surface area contributed by atoms with Gasteiger partial charge in [-0.1, -0.05) is 36.4 Å². The molecule has 0 radical (unpaired) electrons. The molecule has 0 fully saturated rings. The van der Waals surface area contributed by atoms with Gasteiger partial charge >= 0.3 is 0 Å². The summed E-state index contributed by atoms with van der Waals surface area (Å²) in [7, 11) is 3.54. The van der Waals surface area contributed by atoms with Gasteiger partial charge < -0.3 is 40.2 Å². The summed E-state index contributed by atoms with van der Waals surface area (Å²) in [5, 5.41) is 13.0. The monoisotopic (exact) mass is 678 g/mol. The van der Waals surface area contributed by atoms with E-state index in [9.17, 15) is 4.39 Å². The molecular formula is C36H43FN4O4S2. The Morgan fingerprint density at radius 3 is 1.36 bits per heavy atom. The maximum atomic E-state index is 13.2. The minimum absolute atomic E-state index is 0.313. The first-order valence-corrected chi connectivity index (χ1v) is 15.9. The quantitative estimate of drug-likeness (QED) is 0.0894. The van der Waals surface area contributed by atoms with Gasteiger partial charge in [-0.3, -0.25) is 0 Å². The smallest absolute Gasteiger partial charge is 0.170 e. The molecule has 0 saturated carbocycles. The van der Waals surface area contributed by atoms with E-state index in [1.807, 2.05) is 88.4 Å². The van der Waals surface area contributed by atoms with Crippen LogP contribution in [0, 0.1) is 33.5 Å². The van der Waals surface area contributed by atoms with Gasteiger partial charge in [-0.25, -0.2) is 4.39 Å². The molecule has 0 bridgehead atoms. The van der Waals surface area contributed by atoms with Gasteiger partial charge in [0.1, 0.15) is 55.2 Å². The van der Waals surface area contributed by atoms with Crippen LogP contribution in [0.2, 0.25) is 0 Å². The first-order valence-electron chi connectivity index (χ1n) is 15.1. The molecule has 0 atom stereocenters. The summed E-state index contributed by atoms with van der Waals surface area (Å²) in [5.74, 6) is 2.68. The van der Waals surface area contributed by atoms with Crippen LogP contribution in [0.1, 0.15) is 22.3 Å². The predicted molar refractivity (Wildman–Crippen MR) is 197 cm³/mol. The fraction of sp³-hybridized carbons (Fsp3) is 0.278. The summed E-state index contributed by atoms with van der Waals surface area (Å²) in [6, 6.07) is 24.1. The third kappa shape index (κ3) is 12.6. The van der Waals surface area contributed by atoms with Crippen LogP contribution in [0.5, 0.6) is 23.0 Å². The number of benzene rings is 4. The highest BCUT2D eigenvalue weighted by atomic mass is 32.1. The summed E-state index contributed by atoms with van der Waals surface area (Å²) in [6.45, 7) is 9.55. The van der Waals surface area contributed by atoms with Crippen molar-refractivity contribution in [3.63, 3.8) is 0 Å². The molecule has 4 aromatic carbocycles. The second-order valence-corrected chi connectivity index (χ2v) is 11.3. The summed E-state index contributed by atoms with van der Waals surface area (Å²) in [5.41, 5.74) is 5.83. The third-order valence-electron chi connectivity index (χ3n) is 6.79. The van der Waals surface area contributed by atoms with Crippen LogP contribution in [0.15, 0.2) is 78.9 Å². The van der Waals surface area contributed by atoms with E-state index in [4.69, 9.17) is 43.4 Å². The Labute approximate surface area is 288 Å². The van der Waals surface area contributed by atoms with Gasteiger partial charge in [0.05, 0.1) is 0 Å². The zero-order chi connectivity index (χ0) is 34.2. The fourth-order valence-electron chi connectivity index (χ4n) is 4.11. The van der Waals surface area contributed by atoms with Gasteiger partial charge in [0.15, 0.2) is 10.2 Å². The molecule has 47 heavy (non-hydrogen) atoms. The molecule has 0 heterocycles. The second-order valence-electron chi connectivity index (χ2n) is 10.4. The second kappa shape index (κ2) is 19.1. The molecule has 4 N–H and O–H groups in total. The Balaban J connectivity index is 0.000000256. The van der Waals surface area contributed by atoms with E-state index in [-0.39, 0.29) is 5.82 Å². The summed E-state index contributed by atoms with van der Waals surface area (Å²) >= 11 is 10.2. The van der Waals surface area contributed by atoms with Crippen LogP contribution in [0.3, 0.4) is 0 Å². The van der Waals surface area contributed by atoms with Crippen molar-refractivity contribution in [1.82, 2.24) is 10.6 Å². The fourth-order valence-corrected chi connectivity index (χ4v) is 4.34. The molecule has 0 unspecified atom stereocenters. The van der Waals surface area contributed by atoms with E-state index in [0.717, 1.165) is 50.9 Å². The van der Waals surface area contributed by atoms with Crippen molar-refractivity contribution in [1.29, 1.82) is 0 Å². The number of hydrogen-bond acceptors (Lipinski definition) is 6. The van der Waals surface area contributed by atoms with E-state index in [2.05, 4.69) is 21.3 Å².